The van der Waals surface area contributed by atoms with Crippen LogP contribution in [0, 0.1) is 25.2 Å². The van der Waals surface area contributed by atoms with Gasteiger partial charge in [0.15, 0.2) is 0 Å². The zero-order valence-electron chi connectivity index (χ0n) is 11.0. The maximum atomic E-state index is 11.6. The van der Waals surface area contributed by atoms with Gasteiger partial charge in [0.1, 0.15) is 12.6 Å². The van der Waals surface area contributed by atoms with E-state index in [4.69, 9.17) is 10.00 Å². The molecule has 0 aliphatic rings. The minimum atomic E-state index is -0.427. The van der Waals surface area contributed by atoms with Crippen molar-refractivity contribution in [3.8, 4) is 6.07 Å². The zero-order valence-corrected chi connectivity index (χ0v) is 11.0. The van der Waals surface area contributed by atoms with Crippen LogP contribution in [0.1, 0.15) is 24.5 Å². The van der Waals surface area contributed by atoms with Gasteiger partial charge in [-0.05, 0) is 38.0 Å². The summed E-state index contributed by atoms with van der Waals surface area (Å²) in [6, 6.07) is 7.53. The Balaban J connectivity index is 2.58. The Morgan fingerprint density at radius 1 is 1.50 bits per heavy atom. The molecule has 0 aromatic heterocycles. The lowest BCUT2D eigenvalue weighted by Crippen LogP contribution is -2.28. The number of carbonyl (C=O) groups excluding carboxylic acids is 1. The van der Waals surface area contributed by atoms with Gasteiger partial charge >= 0.3 is 5.97 Å². The standard InChI is InChI=1S/C14H18N2O2/c1-10-5-6-11(2)13(9-10)16-12(3)14(17)18-8-4-7-15/h5-6,9,12,16H,4,8H2,1-3H3/t12-/m0/s1. The Morgan fingerprint density at radius 2 is 2.22 bits per heavy atom. The number of carbonyl (C=O) groups is 1. The van der Waals surface area contributed by atoms with Crippen LogP contribution in [-0.2, 0) is 9.53 Å². The third kappa shape index (κ3) is 4.10. The maximum Gasteiger partial charge on any atom is 0.328 e. The predicted octanol–water partition coefficient (Wildman–Crippen LogP) is 2.56. The fourth-order valence-electron chi connectivity index (χ4n) is 1.51. The van der Waals surface area contributed by atoms with Crippen LogP contribution in [0.2, 0.25) is 0 Å². The van der Waals surface area contributed by atoms with Crippen molar-refractivity contribution < 1.29 is 9.53 Å². The Bertz CT molecular complexity index is 463. The van der Waals surface area contributed by atoms with Crippen molar-refractivity contribution in [1.29, 1.82) is 5.26 Å². The van der Waals surface area contributed by atoms with E-state index >= 15 is 0 Å². The normalized spacial score (nSPS) is 11.4. The van der Waals surface area contributed by atoms with Gasteiger partial charge in [-0.2, -0.15) is 5.26 Å². The molecule has 0 heterocycles. The van der Waals surface area contributed by atoms with Crippen LogP contribution in [0.4, 0.5) is 5.69 Å². The number of hydrogen-bond donors (Lipinski definition) is 1. The Labute approximate surface area is 108 Å². The van der Waals surface area contributed by atoms with Crippen molar-refractivity contribution in [3.63, 3.8) is 0 Å². The molecule has 0 aliphatic heterocycles. The number of esters is 1. The van der Waals surface area contributed by atoms with E-state index in [2.05, 4.69) is 5.32 Å². The van der Waals surface area contributed by atoms with Gasteiger partial charge in [0.2, 0.25) is 0 Å². The summed E-state index contributed by atoms with van der Waals surface area (Å²) in [4.78, 5) is 11.6. The molecule has 0 saturated carbocycles. The molecule has 1 aromatic rings. The van der Waals surface area contributed by atoms with E-state index in [1.54, 1.807) is 6.92 Å². The van der Waals surface area contributed by atoms with Crippen LogP contribution in [0.25, 0.3) is 0 Å². The lowest BCUT2D eigenvalue weighted by molar-refractivity contribution is -0.143. The lowest BCUT2D eigenvalue weighted by atomic mass is 10.1. The van der Waals surface area contributed by atoms with Crippen molar-refractivity contribution in [2.24, 2.45) is 0 Å². The average molecular weight is 246 g/mol. The largest absolute Gasteiger partial charge is 0.463 e. The number of nitrogens with zero attached hydrogens (tertiary/aromatic N) is 1. The van der Waals surface area contributed by atoms with Crippen LogP contribution in [0.5, 0.6) is 0 Å². The first kappa shape index (κ1) is 14.0. The molecule has 0 unspecified atom stereocenters. The van der Waals surface area contributed by atoms with Crippen molar-refractivity contribution in [2.75, 3.05) is 11.9 Å². The predicted molar refractivity (Wildman–Crippen MR) is 70.2 cm³/mol. The van der Waals surface area contributed by atoms with Crippen LogP contribution in [0.3, 0.4) is 0 Å². The first-order chi connectivity index (χ1) is 8.54. The molecule has 0 bridgehead atoms. The molecule has 0 spiro atoms. The van der Waals surface area contributed by atoms with Gasteiger partial charge in [-0.15, -0.1) is 0 Å². The van der Waals surface area contributed by atoms with Gasteiger partial charge in [-0.1, -0.05) is 12.1 Å². The van der Waals surface area contributed by atoms with Gasteiger partial charge in [0.25, 0.3) is 0 Å². The summed E-state index contributed by atoms with van der Waals surface area (Å²) < 4.78 is 4.96. The highest BCUT2D eigenvalue weighted by molar-refractivity contribution is 5.79. The smallest absolute Gasteiger partial charge is 0.328 e. The number of hydrogen-bond acceptors (Lipinski definition) is 4. The summed E-state index contributed by atoms with van der Waals surface area (Å²) in [6.07, 6.45) is 0.224. The van der Waals surface area contributed by atoms with Gasteiger partial charge < -0.3 is 10.1 Å². The molecule has 1 atom stereocenters. The minimum absolute atomic E-state index is 0.147. The Hall–Kier alpha value is -2.02. The molecular formula is C14H18N2O2. The van der Waals surface area contributed by atoms with Gasteiger partial charge in [0, 0.05) is 5.69 Å². The number of nitrogens with one attached hydrogen (secondary N) is 1. The molecule has 96 valence electrons. The number of rotatable bonds is 5. The second kappa shape index (κ2) is 6.65. The van der Waals surface area contributed by atoms with E-state index in [1.807, 2.05) is 38.1 Å². The van der Waals surface area contributed by atoms with Crippen LogP contribution >= 0.6 is 0 Å². The van der Waals surface area contributed by atoms with Crippen LogP contribution in [0.15, 0.2) is 18.2 Å². The highest BCUT2D eigenvalue weighted by Gasteiger charge is 2.14. The molecule has 4 nitrogen and oxygen atoms in total. The van der Waals surface area contributed by atoms with E-state index in [-0.39, 0.29) is 19.0 Å². The Kier molecular flexibility index (Phi) is 5.19. The fourth-order valence-corrected chi connectivity index (χ4v) is 1.51. The van der Waals surface area contributed by atoms with Crippen molar-refractivity contribution in [2.45, 2.75) is 33.2 Å². The summed E-state index contributed by atoms with van der Waals surface area (Å²) in [5, 5.41) is 11.5. The Morgan fingerprint density at radius 3 is 2.89 bits per heavy atom. The summed E-state index contributed by atoms with van der Waals surface area (Å²) in [5.41, 5.74) is 3.14. The third-order valence-corrected chi connectivity index (χ3v) is 2.58. The molecular weight excluding hydrogens is 228 g/mol. The van der Waals surface area contributed by atoms with Gasteiger partial charge in [0.05, 0.1) is 12.5 Å². The number of nitriles is 1. The highest BCUT2D eigenvalue weighted by Crippen LogP contribution is 2.17. The molecule has 1 N–H and O–H groups in total. The highest BCUT2D eigenvalue weighted by atomic mass is 16.5. The molecule has 0 radical (unpaired) electrons. The molecule has 0 fully saturated rings. The van der Waals surface area contributed by atoms with Crippen LogP contribution in [-0.4, -0.2) is 18.6 Å². The summed E-state index contributed by atoms with van der Waals surface area (Å²) in [6.45, 7) is 5.88. The molecule has 1 rings (SSSR count). The number of aryl methyl sites for hydroxylation is 2. The number of anilines is 1. The summed E-state index contributed by atoms with van der Waals surface area (Å²) in [7, 11) is 0. The number of benzene rings is 1. The maximum absolute atomic E-state index is 11.6. The fraction of sp³-hybridized carbons (Fsp3) is 0.429. The summed E-state index contributed by atoms with van der Waals surface area (Å²) >= 11 is 0. The van der Waals surface area contributed by atoms with Crippen LogP contribution < -0.4 is 5.32 Å². The van der Waals surface area contributed by atoms with E-state index in [0.29, 0.717) is 0 Å². The second-order valence-electron chi connectivity index (χ2n) is 4.26. The second-order valence-corrected chi connectivity index (χ2v) is 4.26. The molecule has 4 heteroatoms. The SMILES string of the molecule is Cc1ccc(C)c(N[C@@H](C)C(=O)OCCC#N)c1. The minimum Gasteiger partial charge on any atom is -0.463 e. The molecule has 18 heavy (non-hydrogen) atoms. The van der Waals surface area contributed by atoms with E-state index in [1.165, 1.54) is 0 Å². The van der Waals surface area contributed by atoms with E-state index in [9.17, 15) is 4.79 Å². The van der Waals surface area contributed by atoms with Gasteiger partial charge in [-0.25, -0.2) is 4.79 Å². The quantitative estimate of drug-likeness (QED) is 0.640. The van der Waals surface area contributed by atoms with Crippen molar-refractivity contribution in [3.05, 3.63) is 29.3 Å². The van der Waals surface area contributed by atoms with E-state index in [0.717, 1.165) is 16.8 Å². The van der Waals surface area contributed by atoms with E-state index < -0.39 is 6.04 Å². The molecule has 1 aromatic carbocycles. The monoisotopic (exact) mass is 246 g/mol. The number of ether oxygens (including phenoxy) is 1. The average Bonchev–Trinajstić information content (AvgIpc) is 2.34. The van der Waals surface area contributed by atoms with Crippen molar-refractivity contribution in [1.82, 2.24) is 0 Å². The molecule has 0 amide bonds. The zero-order chi connectivity index (χ0) is 13.5. The first-order valence-electron chi connectivity index (χ1n) is 5.92. The lowest BCUT2D eigenvalue weighted by Gasteiger charge is -2.16. The van der Waals surface area contributed by atoms with Crippen molar-refractivity contribution >= 4 is 11.7 Å². The van der Waals surface area contributed by atoms with Gasteiger partial charge in [-0.3, -0.25) is 0 Å². The summed E-state index contributed by atoms with van der Waals surface area (Å²) in [5.74, 6) is -0.342. The third-order valence-electron chi connectivity index (χ3n) is 2.58. The topological polar surface area (TPSA) is 62.1 Å². The molecule has 0 saturated heterocycles. The first-order valence-corrected chi connectivity index (χ1v) is 5.92. The molecule has 0 aliphatic carbocycles.